The monoisotopic (exact) mass is 217 g/mol. The largest absolute Gasteiger partial charge is 0.480 e. The zero-order valence-electron chi connectivity index (χ0n) is 7.21. The van der Waals surface area contributed by atoms with E-state index in [0.29, 0.717) is 0 Å². The van der Waals surface area contributed by atoms with Crippen LogP contribution in [0.15, 0.2) is 24.3 Å². The van der Waals surface area contributed by atoms with Crippen LogP contribution < -0.4 is 5.73 Å². The molecule has 0 spiro atoms. The van der Waals surface area contributed by atoms with E-state index in [-0.39, 0.29) is 10.6 Å². The van der Waals surface area contributed by atoms with E-state index in [1.54, 1.807) is 12.1 Å². The summed E-state index contributed by atoms with van der Waals surface area (Å²) in [5, 5.41) is 8.93. The number of carboxylic acid groups (broad SMARTS) is 1. The third kappa shape index (κ3) is 1.71. The number of benzene rings is 1. The normalized spacial score (nSPS) is 14.8. The first-order chi connectivity index (χ1) is 6.52. The molecule has 0 amide bonds. The van der Waals surface area contributed by atoms with Crippen molar-refractivity contribution in [3.05, 3.63) is 34.9 Å². The van der Waals surface area contributed by atoms with E-state index < -0.39 is 18.2 Å². The lowest BCUT2D eigenvalue weighted by molar-refractivity contribution is -0.144. The van der Waals surface area contributed by atoms with Crippen LogP contribution in [0.2, 0.25) is 5.02 Å². The minimum Gasteiger partial charge on any atom is -0.480 e. The third-order valence-electron chi connectivity index (χ3n) is 1.95. The van der Waals surface area contributed by atoms with Gasteiger partial charge in [-0.3, -0.25) is 0 Å². The highest BCUT2D eigenvalue weighted by atomic mass is 35.5. The Bertz CT molecular complexity index is 358. The van der Waals surface area contributed by atoms with Crippen molar-refractivity contribution in [3.8, 4) is 0 Å². The maximum atomic E-state index is 12.6. The maximum Gasteiger partial charge on any atom is 0.331 e. The Labute approximate surface area is 85.3 Å². The molecule has 0 saturated heterocycles. The highest BCUT2D eigenvalue weighted by Crippen LogP contribution is 2.26. The van der Waals surface area contributed by atoms with Gasteiger partial charge in [0.15, 0.2) is 5.54 Å². The Balaban J connectivity index is 3.26. The van der Waals surface area contributed by atoms with E-state index >= 15 is 0 Å². The number of hydrogen-bond donors (Lipinski definition) is 2. The first-order valence-corrected chi connectivity index (χ1v) is 4.23. The van der Waals surface area contributed by atoms with Crippen LogP contribution >= 0.6 is 11.6 Å². The molecule has 0 aliphatic heterocycles. The van der Waals surface area contributed by atoms with Crippen LogP contribution in [0.5, 0.6) is 0 Å². The lowest BCUT2D eigenvalue weighted by atomic mass is 9.92. The third-order valence-corrected chi connectivity index (χ3v) is 2.28. The summed E-state index contributed by atoms with van der Waals surface area (Å²) in [6.45, 7) is -1.20. The predicted octanol–water partition coefficient (Wildman–Crippen LogP) is 1.55. The van der Waals surface area contributed by atoms with Crippen LogP contribution in [0.1, 0.15) is 5.56 Å². The Kier molecular flexibility index (Phi) is 3.08. The Morgan fingerprint density at radius 3 is 2.57 bits per heavy atom. The number of rotatable bonds is 3. The van der Waals surface area contributed by atoms with E-state index in [0.717, 1.165) is 0 Å². The Morgan fingerprint density at radius 1 is 1.57 bits per heavy atom. The molecule has 3 N–H and O–H groups in total. The highest BCUT2D eigenvalue weighted by molar-refractivity contribution is 6.31. The van der Waals surface area contributed by atoms with Gasteiger partial charge in [-0.05, 0) is 6.07 Å². The van der Waals surface area contributed by atoms with Gasteiger partial charge in [-0.2, -0.15) is 0 Å². The van der Waals surface area contributed by atoms with Crippen molar-refractivity contribution in [1.29, 1.82) is 0 Å². The average Bonchev–Trinajstić information content (AvgIpc) is 2.17. The average molecular weight is 218 g/mol. The molecule has 5 heteroatoms. The first kappa shape index (κ1) is 10.9. The predicted molar refractivity (Wildman–Crippen MR) is 50.9 cm³/mol. The molecule has 3 nitrogen and oxygen atoms in total. The van der Waals surface area contributed by atoms with Gasteiger partial charge in [0.2, 0.25) is 0 Å². The number of nitrogens with two attached hydrogens (primary N) is 1. The van der Waals surface area contributed by atoms with E-state index in [4.69, 9.17) is 22.4 Å². The molecule has 14 heavy (non-hydrogen) atoms. The van der Waals surface area contributed by atoms with Crippen LogP contribution in [0.4, 0.5) is 4.39 Å². The molecule has 0 saturated carbocycles. The molecule has 1 aromatic carbocycles. The number of alkyl halides is 1. The smallest absolute Gasteiger partial charge is 0.331 e. The zero-order chi connectivity index (χ0) is 10.8. The van der Waals surface area contributed by atoms with Crippen molar-refractivity contribution in [3.63, 3.8) is 0 Å². The molecular weight excluding hydrogens is 209 g/mol. The van der Waals surface area contributed by atoms with Gasteiger partial charge in [0.25, 0.3) is 0 Å². The molecule has 76 valence electrons. The van der Waals surface area contributed by atoms with Gasteiger partial charge in [0.05, 0.1) is 0 Å². The van der Waals surface area contributed by atoms with Crippen LogP contribution in [-0.4, -0.2) is 17.8 Å². The summed E-state index contributed by atoms with van der Waals surface area (Å²) in [6.07, 6.45) is 0. The fourth-order valence-corrected chi connectivity index (χ4v) is 1.37. The van der Waals surface area contributed by atoms with Crippen molar-refractivity contribution in [2.24, 2.45) is 5.73 Å². The second kappa shape index (κ2) is 3.94. The van der Waals surface area contributed by atoms with Gasteiger partial charge in [-0.1, -0.05) is 29.8 Å². The first-order valence-electron chi connectivity index (χ1n) is 3.85. The van der Waals surface area contributed by atoms with E-state index in [9.17, 15) is 9.18 Å². The van der Waals surface area contributed by atoms with Gasteiger partial charge >= 0.3 is 5.97 Å². The lowest BCUT2D eigenvalue weighted by Gasteiger charge is -2.22. The van der Waals surface area contributed by atoms with Gasteiger partial charge in [0.1, 0.15) is 6.67 Å². The number of carboxylic acids is 1. The fourth-order valence-electron chi connectivity index (χ4n) is 1.07. The van der Waals surface area contributed by atoms with Crippen molar-refractivity contribution in [1.82, 2.24) is 0 Å². The molecule has 1 atom stereocenters. The molecule has 1 aromatic rings. The fraction of sp³-hybridized carbons (Fsp3) is 0.222. The summed E-state index contributed by atoms with van der Waals surface area (Å²) in [7, 11) is 0. The summed E-state index contributed by atoms with van der Waals surface area (Å²) in [6, 6.07) is 6.04. The van der Waals surface area contributed by atoms with Crippen LogP contribution in [0.3, 0.4) is 0 Å². The van der Waals surface area contributed by atoms with E-state index in [1.807, 2.05) is 0 Å². The van der Waals surface area contributed by atoms with Gasteiger partial charge in [-0.25, -0.2) is 9.18 Å². The molecule has 0 aromatic heterocycles. The van der Waals surface area contributed by atoms with Crippen molar-refractivity contribution >= 4 is 17.6 Å². The van der Waals surface area contributed by atoms with Crippen LogP contribution in [0.25, 0.3) is 0 Å². The SMILES string of the molecule is NC(CF)(C(=O)O)c1ccccc1Cl. The molecule has 0 aliphatic carbocycles. The Hall–Kier alpha value is -1.13. The van der Waals surface area contributed by atoms with Crippen LogP contribution in [0, 0.1) is 0 Å². The van der Waals surface area contributed by atoms with Gasteiger partial charge in [-0.15, -0.1) is 0 Å². The van der Waals surface area contributed by atoms with Gasteiger partial charge < -0.3 is 10.8 Å². The summed E-state index contributed by atoms with van der Waals surface area (Å²) >= 11 is 5.72. The molecule has 0 bridgehead atoms. The summed E-state index contributed by atoms with van der Waals surface area (Å²) < 4.78 is 12.6. The van der Waals surface area contributed by atoms with E-state index in [1.165, 1.54) is 12.1 Å². The number of halogens is 2. The molecule has 0 fully saturated rings. The molecule has 0 radical (unpaired) electrons. The second-order valence-electron chi connectivity index (χ2n) is 2.89. The van der Waals surface area contributed by atoms with Crippen molar-refractivity contribution in [2.45, 2.75) is 5.54 Å². The maximum absolute atomic E-state index is 12.6. The zero-order valence-corrected chi connectivity index (χ0v) is 7.96. The van der Waals surface area contributed by atoms with E-state index in [2.05, 4.69) is 0 Å². The molecule has 0 heterocycles. The highest BCUT2D eigenvalue weighted by Gasteiger charge is 2.37. The van der Waals surface area contributed by atoms with Crippen molar-refractivity contribution < 1.29 is 14.3 Å². The molecular formula is C9H9ClFNO2. The minimum atomic E-state index is -2.06. The summed E-state index contributed by atoms with van der Waals surface area (Å²) in [4.78, 5) is 10.8. The standard InChI is InChI=1S/C9H9ClFNO2/c10-7-4-2-1-3-6(7)9(12,5-11)8(13)14/h1-4H,5,12H2,(H,13,14). The second-order valence-corrected chi connectivity index (χ2v) is 3.30. The van der Waals surface area contributed by atoms with Crippen LogP contribution in [-0.2, 0) is 10.3 Å². The molecule has 0 aliphatic rings. The number of aliphatic carboxylic acids is 1. The summed E-state index contributed by atoms with van der Waals surface area (Å²) in [5.41, 5.74) is 3.43. The summed E-state index contributed by atoms with van der Waals surface area (Å²) in [5.74, 6) is -1.44. The molecule has 1 unspecified atom stereocenters. The van der Waals surface area contributed by atoms with Crippen molar-refractivity contribution in [2.75, 3.05) is 6.67 Å². The number of hydrogen-bond acceptors (Lipinski definition) is 2. The molecule has 1 rings (SSSR count). The quantitative estimate of drug-likeness (QED) is 0.808. The Morgan fingerprint density at radius 2 is 2.14 bits per heavy atom. The topological polar surface area (TPSA) is 63.3 Å². The minimum absolute atomic E-state index is 0.0802. The number of carbonyl (C=O) groups is 1. The lowest BCUT2D eigenvalue weighted by Crippen LogP contribution is -2.47. The van der Waals surface area contributed by atoms with Gasteiger partial charge in [0, 0.05) is 10.6 Å².